The van der Waals surface area contributed by atoms with E-state index in [0.29, 0.717) is 0 Å². The molecule has 2 saturated carbocycles. The van der Waals surface area contributed by atoms with E-state index in [-0.39, 0.29) is 0 Å². The molecule has 0 spiro atoms. The molecule has 1 N–H and O–H groups in total. The number of aryl methyl sites for hydroxylation is 1. The molecule has 1 aromatic heterocycles. The summed E-state index contributed by atoms with van der Waals surface area (Å²) in [7, 11) is 0. The fourth-order valence-electron chi connectivity index (χ4n) is 2.45. The van der Waals surface area contributed by atoms with Crippen molar-refractivity contribution in [1.82, 2.24) is 5.32 Å². The van der Waals surface area contributed by atoms with E-state index in [1.54, 1.807) is 4.88 Å². The molecule has 1 heterocycles. The van der Waals surface area contributed by atoms with Gasteiger partial charge in [-0.1, -0.05) is 0 Å². The molecule has 0 amide bonds. The summed E-state index contributed by atoms with van der Waals surface area (Å²) in [4.78, 5) is 3.09. The van der Waals surface area contributed by atoms with Crippen LogP contribution in [0.3, 0.4) is 0 Å². The monoisotopic (exact) mass is 221 g/mol. The van der Waals surface area contributed by atoms with E-state index in [1.807, 2.05) is 11.3 Å². The first-order chi connectivity index (χ1) is 7.33. The zero-order valence-electron chi connectivity index (χ0n) is 9.33. The van der Waals surface area contributed by atoms with Crippen molar-refractivity contribution in [2.75, 3.05) is 6.54 Å². The maximum Gasteiger partial charge on any atom is 0.00822 e. The van der Waals surface area contributed by atoms with Crippen LogP contribution in [-0.2, 0) is 0 Å². The lowest BCUT2D eigenvalue weighted by Crippen LogP contribution is -2.34. The maximum absolute atomic E-state index is 3.67. The van der Waals surface area contributed by atoms with Crippen LogP contribution in [0.25, 0.3) is 0 Å². The number of rotatable bonds is 4. The van der Waals surface area contributed by atoms with E-state index >= 15 is 0 Å². The standard InChI is InChI=1S/C13H19NS/c1-9-2-7-13(15-9)12-6-3-10(12)8-14-11-4-5-11/h2,7,10-12,14H,3-6,8H2,1H3. The van der Waals surface area contributed by atoms with Crippen LogP contribution in [0.2, 0.25) is 0 Å². The Morgan fingerprint density at radius 1 is 1.27 bits per heavy atom. The molecule has 0 saturated heterocycles. The highest BCUT2D eigenvalue weighted by Crippen LogP contribution is 2.44. The van der Waals surface area contributed by atoms with Crippen molar-refractivity contribution < 1.29 is 0 Å². The second kappa shape index (κ2) is 3.91. The van der Waals surface area contributed by atoms with E-state index in [1.165, 1.54) is 37.1 Å². The smallest absolute Gasteiger partial charge is 0.00822 e. The van der Waals surface area contributed by atoms with Crippen molar-refractivity contribution in [1.29, 1.82) is 0 Å². The van der Waals surface area contributed by atoms with Gasteiger partial charge in [-0.05, 0) is 63.1 Å². The summed E-state index contributed by atoms with van der Waals surface area (Å²) in [5, 5.41) is 3.67. The molecule has 0 radical (unpaired) electrons. The molecule has 0 aromatic carbocycles. The predicted octanol–water partition coefficient (Wildman–Crippen LogP) is 3.30. The van der Waals surface area contributed by atoms with Gasteiger partial charge in [0, 0.05) is 15.8 Å². The Labute approximate surface area is 95.9 Å². The summed E-state index contributed by atoms with van der Waals surface area (Å²) in [6, 6.07) is 5.48. The van der Waals surface area contributed by atoms with Crippen molar-refractivity contribution in [2.45, 2.75) is 44.6 Å². The minimum atomic E-state index is 0.870. The Hall–Kier alpha value is -0.340. The minimum Gasteiger partial charge on any atom is -0.314 e. The van der Waals surface area contributed by atoms with Crippen LogP contribution in [-0.4, -0.2) is 12.6 Å². The Kier molecular flexibility index (Phi) is 2.57. The summed E-state index contributed by atoms with van der Waals surface area (Å²) in [5.41, 5.74) is 0. The van der Waals surface area contributed by atoms with Crippen LogP contribution in [0.4, 0.5) is 0 Å². The average molecular weight is 221 g/mol. The van der Waals surface area contributed by atoms with Crippen LogP contribution in [0.1, 0.15) is 41.4 Å². The lowest BCUT2D eigenvalue weighted by Gasteiger charge is -2.36. The molecular weight excluding hydrogens is 202 g/mol. The Morgan fingerprint density at radius 2 is 2.13 bits per heavy atom. The van der Waals surface area contributed by atoms with Gasteiger partial charge in [0.25, 0.3) is 0 Å². The normalized spacial score (nSPS) is 30.2. The molecule has 15 heavy (non-hydrogen) atoms. The fraction of sp³-hybridized carbons (Fsp3) is 0.692. The van der Waals surface area contributed by atoms with E-state index < -0.39 is 0 Å². The van der Waals surface area contributed by atoms with Gasteiger partial charge in [0.05, 0.1) is 0 Å². The number of hydrogen-bond acceptors (Lipinski definition) is 2. The molecule has 2 aliphatic carbocycles. The lowest BCUT2D eigenvalue weighted by molar-refractivity contribution is 0.248. The summed E-state index contributed by atoms with van der Waals surface area (Å²) in [6.45, 7) is 3.47. The third-order valence-corrected chi connectivity index (χ3v) is 4.92. The molecular formula is C13H19NS. The number of hydrogen-bond donors (Lipinski definition) is 1. The topological polar surface area (TPSA) is 12.0 Å². The molecule has 2 heteroatoms. The fourth-order valence-corrected chi connectivity index (χ4v) is 3.55. The quantitative estimate of drug-likeness (QED) is 0.822. The van der Waals surface area contributed by atoms with Crippen molar-refractivity contribution in [2.24, 2.45) is 5.92 Å². The van der Waals surface area contributed by atoms with Crippen LogP contribution < -0.4 is 5.32 Å². The van der Waals surface area contributed by atoms with Gasteiger partial charge in [-0.3, -0.25) is 0 Å². The van der Waals surface area contributed by atoms with Gasteiger partial charge >= 0.3 is 0 Å². The zero-order valence-corrected chi connectivity index (χ0v) is 10.1. The van der Waals surface area contributed by atoms with Gasteiger partial charge < -0.3 is 5.32 Å². The summed E-state index contributed by atoms with van der Waals surface area (Å²) in [5.74, 6) is 1.79. The first-order valence-corrected chi connectivity index (χ1v) is 6.94. The molecule has 2 atom stereocenters. The summed E-state index contributed by atoms with van der Waals surface area (Å²) in [6.07, 6.45) is 5.67. The minimum absolute atomic E-state index is 0.870. The Balaban J connectivity index is 1.57. The number of nitrogens with one attached hydrogen (secondary N) is 1. The molecule has 3 rings (SSSR count). The number of thiophene rings is 1. The van der Waals surface area contributed by atoms with Gasteiger partial charge in [0.2, 0.25) is 0 Å². The maximum atomic E-state index is 3.67. The van der Waals surface area contributed by atoms with Crippen LogP contribution in [0.15, 0.2) is 12.1 Å². The van der Waals surface area contributed by atoms with Crippen LogP contribution >= 0.6 is 11.3 Å². The van der Waals surface area contributed by atoms with E-state index in [4.69, 9.17) is 0 Å². The van der Waals surface area contributed by atoms with E-state index in [0.717, 1.165) is 17.9 Å². The first kappa shape index (κ1) is 9.86. The van der Waals surface area contributed by atoms with Gasteiger partial charge in [0.15, 0.2) is 0 Å². The second-order valence-corrected chi connectivity index (χ2v) is 6.39. The van der Waals surface area contributed by atoms with E-state index in [9.17, 15) is 0 Å². The molecule has 0 bridgehead atoms. The predicted molar refractivity (Wildman–Crippen MR) is 65.5 cm³/mol. The third-order valence-electron chi connectivity index (χ3n) is 3.79. The highest BCUT2D eigenvalue weighted by Gasteiger charge is 2.34. The Bertz CT molecular complexity index is 340. The van der Waals surface area contributed by atoms with E-state index in [2.05, 4.69) is 24.4 Å². The van der Waals surface area contributed by atoms with Gasteiger partial charge in [-0.15, -0.1) is 11.3 Å². The SMILES string of the molecule is Cc1ccc(C2CCC2CNC2CC2)s1. The molecule has 1 aromatic rings. The molecule has 2 unspecified atom stereocenters. The lowest BCUT2D eigenvalue weighted by atomic mass is 9.73. The van der Waals surface area contributed by atoms with Crippen molar-refractivity contribution in [3.05, 3.63) is 21.9 Å². The van der Waals surface area contributed by atoms with Gasteiger partial charge in [-0.2, -0.15) is 0 Å². The van der Waals surface area contributed by atoms with Crippen LogP contribution in [0.5, 0.6) is 0 Å². The van der Waals surface area contributed by atoms with Crippen LogP contribution in [0, 0.1) is 12.8 Å². The highest BCUT2D eigenvalue weighted by molar-refractivity contribution is 7.12. The van der Waals surface area contributed by atoms with Gasteiger partial charge in [-0.25, -0.2) is 0 Å². The zero-order chi connectivity index (χ0) is 10.3. The molecule has 2 aliphatic rings. The average Bonchev–Trinajstić information content (AvgIpc) is 2.89. The summed E-state index contributed by atoms with van der Waals surface area (Å²) >= 11 is 2.00. The summed E-state index contributed by atoms with van der Waals surface area (Å²) < 4.78 is 0. The van der Waals surface area contributed by atoms with Crippen molar-refractivity contribution in [3.8, 4) is 0 Å². The second-order valence-electron chi connectivity index (χ2n) is 5.07. The molecule has 82 valence electrons. The van der Waals surface area contributed by atoms with Crippen molar-refractivity contribution >= 4 is 11.3 Å². The highest BCUT2D eigenvalue weighted by atomic mass is 32.1. The third kappa shape index (κ3) is 2.11. The Morgan fingerprint density at radius 3 is 2.67 bits per heavy atom. The van der Waals surface area contributed by atoms with Crippen molar-refractivity contribution in [3.63, 3.8) is 0 Å². The first-order valence-electron chi connectivity index (χ1n) is 6.12. The molecule has 1 nitrogen and oxygen atoms in total. The molecule has 2 fully saturated rings. The molecule has 0 aliphatic heterocycles. The largest absolute Gasteiger partial charge is 0.314 e. The van der Waals surface area contributed by atoms with Gasteiger partial charge in [0.1, 0.15) is 0 Å².